The number of amides is 1. The summed E-state index contributed by atoms with van der Waals surface area (Å²) < 4.78 is 0. The first-order chi connectivity index (χ1) is 7.19. The van der Waals surface area contributed by atoms with E-state index in [0.717, 1.165) is 32.4 Å². The zero-order valence-electron chi connectivity index (χ0n) is 9.49. The molecule has 1 aliphatic heterocycles. The third-order valence-corrected chi connectivity index (χ3v) is 2.80. The van der Waals surface area contributed by atoms with E-state index >= 15 is 0 Å². The fraction of sp³-hybridized carbons (Fsp3) is 0.818. The Morgan fingerprint density at radius 3 is 2.60 bits per heavy atom. The first kappa shape index (κ1) is 12.0. The molecule has 4 heteroatoms. The molecule has 84 valence electrons. The van der Waals surface area contributed by atoms with Gasteiger partial charge in [-0.25, -0.2) is 0 Å². The maximum Gasteiger partial charge on any atom is 0.239 e. The van der Waals surface area contributed by atoms with E-state index < -0.39 is 0 Å². The summed E-state index contributed by atoms with van der Waals surface area (Å²) in [6.45, 7) is 5.51. The molecule has 15 heavy (non-hydrogen) atoms. The fourth-order valence-corrected chi connectivity index (χ4v) is 1.83. The van der Waals surface area contributed by atoms with Crippen LogP contribution in [0.3, 0.4) is 0 Å². The highest BCUT2D eigenvalue weighted by molar-refractivity contribution is 5.81. The Morgan fingerprint density at radius 1 is 1.53 bits per heavy atom. The Bertz CT molecular complexity index is 253. The van der Waals surface area contributed by atoms with Crippen molar-refractivity contribution in [1.29, 1.82) is 5.26 Å². The van der Waals surface area contributed by atoms with Crippen molar-refractivity contribution in [3.63, 3.8) is 0 Å². The molecule has 2 unspecified atom stereocenters. The van der Waals surface area contributed by atoms with Gasteiger partial charge in [-0.05, 0) is 26.2 Å². The maximum absolute atomic E-state index is 11.9. The molecule has 4 nitrogen and oxygen atoms in total. The Morgan fingerprint density at radius 2 is 2.13 bits per heavy atom. The third-order valence-electron chi connectivity index (χ3n) is 2.80. The van der Waals surface area contributed by atoms with Crippen LogP contribution in [0.2, 0.25) is 0 Å². The molecule has 2 atom stereocenters. The van der Waals surface area contributed by atoms with Gasteiger partial charge in [0.05, 0.1) is 18.2 Å². The molecule has 0 aromatic carbocycles. The molecule has 0 aliphatic carbocycles. The molecule has 0 bridgehead atoms. The average molecular weight is 209 g/mol. The minimum Gasteiger partial charge on any atom is -0.341 e. The van der Waals surface area contributed by atoms with Crippen molar-refractivity contribution in [1.82, 2.24) is 10.2 Å². The molecule has 0 aromatic heterocycles. The number of nitrogens with one attached hydrogen (secondary N) is 1. The van der Waals surface area contributed by atoms with Crippen LogP contribution in [-0.4, -0.2) is 36.0 Å². The minimum atomic E-state index is -0.243. The number of nitrogens with zero attached hydrogens (tertiary/aromatic N) is 2. The van der Waals surface area contributed by atoms with Crippen molar-refractivity contribution in [3.8, 4) is 6.07 Å². The second-order valence-corrected chi connectivity index (χ2v) is 4.01. The van der Waals surface area contributed by atoms with Crippen LogP contribution < -0.4 is 5.32 Å². The summed E-state index contributed by atoms with van der Waals surface area (Å²) >= 11 is 0. The molecule has 0 aromatic rings. The van der Waals surface area contributed by atoms with E-state index in [4.69, 9.17) is 5.26 Å². The lowest BCUT2D eigenvalue weighted by Crippen LogP contribution is -2.47. The Balaban J connectivity index is 2.42. The molecular formula is C11H19N3O. The highest BCUT2D eigenvalue weighted by atomic mass is 16.2. The Hall–Kier alpha value is -1.08. The summed E-state index contributed by atoms with van der Waals surface area (Å²) in [6, 6.07) is 1.69. The van der Waals surface area contributed by atoms with Gasteiger partial charge in [0.25, 0.3) is 0 Å². The van der Waals surface area contributed by atoms with Gasteiger partial charge in [-0.15, -0.1) is 0 Å². The second-order valence-electron chi connectivity index (χ2n) is 4.01. The van der Waals surface area contributed by atoms with Gasteiger partial charge in [0.1, 0.15) is 0 Å². The predicted molar refractivity (Wildman–Crippen MR) is 58.1 cm³/mol. The summed E-state index contributed by atoms with van der Waals surface area (Å²) in [7, 11) is 0. The zero-order chi connectivity index (χ0) is 11.3. The van der Waals surface area contributed by atoms with Crippen LogP contribution in [0, 0.1) is 11.3 Å². The Labute approximate surface area is 91.2 Å². The summed E-state index contributed by atoms with van der Waals surface area (Å²) in [5.74, 6) is 0.126. The number of carbonyl (C=O) groups excluding carboxylic acids is 1. The number of nitriles is 1. The lowest BCUT2D eigenvalue weighted by molar-refractivity contribution is -0.132. The largest absolute Gasteiger partial charge is 0.341 e. The maximum atomic E-state index is 11.9. The van der Waals surface area contributed by atoms with Crippen LogP contribution in [0.4, 0.5) is 0 Å². The van der Waals surface area contributed by atoms with Gasteiger partial charge in [-0.2, -0.15) is 5.26 Å². The second kappa shape index (κ2) is 5.72. The lowest BCUT2D eigenvalue weighted by Gasteiger charge is -2.22. The van der Waals surface area contributed by atoms with Crippen LogP contribution in [0.15, 0.2) is 0 Å². The van der Waals surface area contributed by atoms with Gasteiger partial charge < -0.3 is 4.90 Å². The summed E-state index contributed by atoms with van der Waals surface area (Å²) in [5, 5.41) is 11.8. The van der Waals surface area contributed by atoms with Gasteiger partial charge in [0, 0.05) is 13.1 Å². The number of likely N-dealkylation sites (tertiary alicyclic amines) is 1. The standard InChI is InChI=1S/C11H19N3O/c1-3-10(8-12)13-9(2)11(15)14-6-4-5-7-14/h9-10,13H,3-7H2,1-2H3. The van der Waals surface area contributed by atoms with Gasteiger partial charge >= 0.3 is 0 Å². The van der Waals surface area contributed by atoms with E-state index in [1.807, 2.05) is 18.7 Å². The number of rotatable bonds is 4. The van der Waals surface area contributed by atoms with E-state index in [0.29, 0.717) is 0 Å². The molecular weight excluding hydrogens is 190 g/mol. The van der Waals surface area contributed by atoms with E-state index in [2.05, 4.69) is 11.4 Å². The Kier molecular flexibility index (Phi) is 4.57. The van der Waals surface area contributed by atoms with Crippen molar-refractivity contribution in [3.05, 3.63) is 0 Å². The summed E-state index contributed by atoms with van der Waals surface area (Å²) in [6.07, 6.45) is 2.94. The normalized spacial score (nSPS) is 19.7. The molecule has 0 saturated carbocycles. The highest BCUT2D eigenvalue weighted by Crippen LogP contribution is 2.09. The van der Waals surface area contributed by atoms with Gasteiger partial charge in [0.15, 0.2) is 0 Å². The van der Waals surface area contributed by atoms with Crippen molar-refractivity contribution in [2.24, 2.45) is 0 Å². The SMILES string of the molecule is CCC(C#N)NC(C)C(=O)N1CCCC1. The zero-order valence-corrected chi connectivity index (χ0v) is 9.49. The van der Waals surface area contributed by atoms with E-state index in [1.54, 1.807) is 0 Å². The molecule has 1 saturated heterocycles. The number of carbonyl (C=O) groups is 1. The van der Waals surface area contributed by atoms with Crippen LogP contribution >= 0.6 is 0 Å². The van der Waals surface area contributed by atoms with Crippen LogP contribution in [-0.2, 0) is 4.79 Å². The van der Waals surface area contributed by atoms with Crippen LogP contribution in [0.5, 0.6) is 0 Å². The van der Waals surface area contributed by atoms with Crippen LogP contribution in [0.25, 0.3) is 0 Å². The monoisotopic (exact) mass is 209 g/mol. The van der Waals surface area contributed by atoms with Gasteiger partial charge in [-0.1, -0.05) is 6.92 Å². The van der Waals surface area contributed by atoms with Crippen molar-refractivity contribution in [2.45, 2.75) is 45.2 Å². The van der Waals surface area contributed by atoms with Crippen LogP contribution in [0.1, 0.15) is 33.1 Å². The fourth-order valence-electron chi connectivity index (χ4n) is 1.83. The minimum absolute atomic E-state index is 0.126. The molecule has 0 spiro atoms. The first-order valence-electron chi connectivity index (χ1n) is 5.63. The predicted octanol–water partition coefficient (Wildman–Crippen LogP) is 0.889. The first-order valence-corrected chi connectivity index (χ1v) is 5.63. The smallest absolute Gasteiger partial charge is 0.239 e. The third kappa shape index (κ3) is 3.21. The molecule has 1 aliphatic rings. The molecule has 1 rings (SSSR count). The average Bonchev–Trinajstić information content (AvgIpc) is 2.77. The van der Waals surface area contributed by atoms with Crippen molar-refractivity contribution >= 4 is 5.91 Å². The molecule has 1 fully saturated rings. The van der Waals surface area contributed by atoms with E-state index in [9.17, 15) is 4.79 Å². The topological polar surface area (TPSA) is 56.1 Å². The molecule has 1 N–H and O–H groups in total. The quantitative estimate of drug-likeness (QED) is 0.748. The lowest BCUT2D eigenvalue weighted by atomic mass is 10.2. The van der Waals surface area contributed by atoms with Gasteiger partial charge in [-0.3, -0.25) is 10.1 Å². The summed E-state index contributed by atoms with van der Waals surface area (Å²) in [4.78, 5) is 13.7. The number of hydrogen-bond donors (Lipinski definition) is 1. The van der Waals surface area contributed by atoms with Gasteiger partial charge in [0.2, 0.25) is 5.91 Å². The number of hydrogen-bond acceptors (Lipinski definition) is 3. The van der Waals surface area contributed by atoms with Crippen molar-refractivity contribution in [2.75, 3.05) is 13.1 Å². The molecule has 0 radical (unpaired) electrons. The highest BCUT2D eigenvalue weighted by Gasteiger charge is 2.24. The summed E-state index contributed by atoms with van der Waals surface area (Å²) in [5.41, 5.74) is 0. The van der Waals surface area contributed by atoms with E-state index in [-0.39, 0.29) is 18.0 Å². The van der Waals surface area contributed by atoms with Crippen molar-refractivity contribution < 1.29 is 4.79 Å². The molecule has 1 amide bonds. The molecule has 1 heterocycles. The van der Waals surface area contributed by atoms with E-state index in [1.165, 1.54) is 0 Å².